The summed E-state index contributed by atoms with van der Waals surface area (Å²) in [5.74, 6) is 2.59. The number of nitrogens with zero attached hydrogens (tertiary/aromatic N) is 1. The predicted molar refractivity (Wildman–Crippen MR) is 69.4 cm³/mol. The maximum atomic E-state index is 10.7. The van der Waals surface area contributed by atoms with Crippen LogP contribution in [0.25, 0.3) is 0 Å². The van der Waals surface area contributed by atoms with Crippen molar-refractivity contribution in [3.8, 4) is 12.3 Å². The molecule has 0 radical (unpaired) electrons. The van der Waals surface area contributed by atoms with E-state index in [4.69, 9.17) is 18.0 Å². The number of nitro groups is 1. The number of anilines is 1. The van der Waals surface area contributed by atoms with Crippen molar-refractivity contribution in [2.75, 3.05) is 5.32 Å². The fourth-order valence-corrected chi connectivity index (χ4v) is 1.55. The molecular formula is C12H13ClN2O2. The van der Waals surface area contributed by atoms with Crippen LogP contribution in [0.3, 0.4) is 0 Å². The molecule has 0 saturated heterocycles. The van der Waals surface area contributed by atoms with Gasteiger partial charge in [-0.3, -0.25) is 10.1 Å². The Bertz CT molecular complexity index is 504. The minimum atomic E-state index is -0.537. The van der Waals surface area contributed by atoms with Crippen molar-refractivity contribution in [3.05, 3.63) is 32.8 Å². The van der Waals surface area contributed by atoms with Crippen LogP contribution in [-0.2, 0) is 0 Å². The highest BCUT2D eigenvalue weighted by Gasteiger charge is 2.19. The molecule has 4 nitrogen and oxygen atoms in total. The number of hydrogen-bond donors (Lipinski definition) is 1. The van der Waals surface area contributed by atoms with Gasteiger partial charge >= 0.3 is 0 Å². The van der Waals surface area contributed by atoms with Crippen LogP contribution in [0, 0.1) is 29.4 Å². The summed E-state index contributed by atoms with van der Waals surface area (Å²) in [4.78, 5) is 10.2. The summed E-state index contributed by atoms with van der Waals surface area (Å²) in [7, 11) is 0. The molecule has 0 aliphatic rings. The maximum absolute atomic E-state index is 10.7. The maximum Gasteiger partial charge on any atom is 0.288 e. The number of rotatable bonds is 3. The van der Waals surface area contributed by atoms with Gasteiger partial charge in [0.05, 0.1) is 10.5 Å². The second-order valence-electron chi connectivity index (χ2n) is 4.27. The number of aryl methyl sites for hydroxylation is 1. The molecule has 0 atom stereocenters. The Morgan fingerprint density at radius 3 is 2.59 bits per heavy atom. The lowest BCUT2D eigenvalue weighted by Gasteiger charge is -2.22. The molecule has 1 N–H and O–H groups in total. The van der Waals surface area contributed by atoms with Crippen LogP contribution in [0.1, 0.15) is 19.4 Å². The fourth-order valence-electron chi connectivity index (χ4n) is 1.31. The SMILES string of the molecule is C#CC(C)(C)Nc1cc(Cl)c([N+](=O)[O-])cc1C. The number of benzene rings is 1. The van der Waals surface area contributed by atoms with Crippen molar-refractivity contribution in [3.63, 3.8) is 0 Å². The predicted octanol–water partition coefficient (Wildman–Crippen LogP) is 3.38. The van der Waals surface area contributed by atoms with E-state index in [1.807, 2.05) is 13.8 Å². The van der Waals surface area contributed by atoms with Crippen LogP contribution >= 0.6 is 11.6 Å². The van der Waals surface area contributed by atoms with E-state index in [1.54, 1.807) is 6.92 Å². The zero-order chi connectivity index (χ0) is 13.2. The highest BCUT2D eigenvalue weighted by molar-refractivity contribution is 6.33. The molecule has 0 aromatic heterocycles. The molecule has 0 bridgehead atoms. The van der Waals surface area contributed by atoms with Crippen molar-refractivity contribution in [1.82, 2.24) is 0 Å². The molecule has 0 saturated carbocycles. The van der Waals surface area contributed by atoms with Gasteiger partial charge in [-0.1, -0.05) is 17.5 Å². The van der Waals surface area contributed by atoms with E-state index in [-0.39, 0.29) is 10.7 Å². The third kappa shape index (κ3) is 3.11. The highest BCUT2D eigenvalue weighted by Crippen LogP contribution is 2.31. The standard InChI is InChI=1S/C12H13ClN2O2/c1-5-12(3,4)14-10-7-9(13)11(15(16)17)6-8(10)2/h1,6-7,14H,2-4H3. The van der Waals surface area contributed by atoms with Gasteiger partial charge in [0.2, 0.25) is 0 Å². The molecule has 0 aliphatic heterocycles. The first-order chi connectivity index (χ1) is 7.76. The third-order valence-corrected chi connectivity index (χ3v) is 2.60. The Morgan fingerprint density at radius 2 is 2.12 bits per heavy atom. The minimum absolute atomic E-state index is 0.0934. The second-order valence-corrected chi connectivity index (χ2v) is 4.68. The van der Waals surface area contributed by atoms with Gasteiger partial charge in [-0.05, 0) is 32.4 Å². The minimum Gasteiger partial charge on any atom is -0.369 e. The van der Waals surface area contributed by atoms with Crippen molar-refractivity contribution in [1.29, 1.82) is 0 Å². The molecule has 0 spiro atoms. The van der Waals surface area contributed by atoms with Gasteiger partial charge in [-0.15, -0.1) is 6.42 Å². The number of halogens is 1. The summed E-state index contributed by atoms with van der Waals surface area (Å²) in [6.07, 6.45) is 5.37. The summed E-state index contributed by atoms with van der Waals surface area (Å²) in [5.41, 5.74) is 0.783. The number of hydrogen-bond acceptors (Lipinski definition) is 3. The van der Waals surface area contributed by atoms with Gasteiger partial charge in [0.1, 0.15) is 5.02 Å². The lowest BCUT2D eigenvalue weighted by Crippen LogP contribution is -2.28. The molecule has 0 heterocycles. The summed E-state index contributed by atoms with van der Waals surface area (Å²) < 4.78 is 0. The Hall–Kier alpha value is -1.73. The Morgan fingerprint density at radius 1 is 1.53 bits per heavy atom. The van der Waals surface area contributed by atoms with Gasteiger partial charge in [-0.25, -0.2) is 0 Å². The van der Waals surface area contributed by atoms with E-state index in [1.165, 1.54) is 12.1 Å². The summed E-state index contributed by atoms with van der Waals surface area (Å²) in [6, 6.07) is 2.95. The van der Waals surface area contributed by atoms with E-state index >= 15 is 0 Å². The zero-order valence-corrected chi connectivity index (χ0v) is 10.6. The van der Waals surface area contributed by atoms with E-state index in [0.29, 0.717) is 5.69 Å². The monoisotopic (exact) mass is 252 g/mol. The average Bonchev–Trinajstić information content (AvgIpc) is 2.22. The molecule has 5 heteroatoms. The summed E-state index contributed by atoms with van der Waals surface area (Å²) in [6.45, 7) is 5.43. The van der Waals surface area contributed by atoms with Crippen molar-refractivity contribution < 1.29 is 4.92 Å². The van der Waals surface area contributed by atoms with E-state index < -0.39 is 10.5 Å². The van der Waals surface area contributed by atoms with Crippen molar-refractivity contribution in [2.45, 2.75) is 26.3 Å². The Kier molecular flexibility index (Phi) is 3.64. The normalized spacial score (nSPS) is 10.8. The third-order valence-electron chi connectivity index (χ3n) is 2.30. The lowest BCUT2D eigenvalue weighted by atomic mass is 10.0. The summed E-state index contributed by atoms with van der Waals surface area (Å²) in [5, 5.41) is 13.9. The first-order valence-electron chi connectivity index (χ1n) is 4.97. The Labute approximate surface area is 105 Å². The molecular weight excluding hydrogens is 240 g/mol. The molecule has 1 rings (SSSR count). The topological polar surface area (TPSA) is 55.2 Å². The number of terminal acetylenes is 1. The van der Waals surface area contributed by atoms with E-state index in [9.17, 15) is 10.1 Å². The van der Waals surface area contributed by atoms with Crippen LogP contribution in [0.2, 0.25) is 5.02 Å². The van der Waals surface area contributed by atoms with Gasteiger partial charge in [0.25, 0.3) is 5.69 Å². The molecule has 1 aromatic carbocycles. The summed E-state index contributed by atoms with van der Waals surface area (Å²) >= 11 is 5.84. The van der Waals surface area contributed by atoms with Crippen LogP contribution in [0.5, 0.6) is 0 Å². The molecule has 0 unspecified atom stereocenters. The smallest absolute Gasteiger partial charge is 0.288 e. The van der Waals surface area contributed by atoms with Gasteiger partial charge in [0.15, 0.2) is 0 Å². The molecule has 17 heavy (non-hydrogen) atoms. The van der Waals surface area contributed by atoms with Crippen LogP contribution < -0.4 is 5.32 Å². The van der Waals surface area contributed by atoms with Crippen molar-refractivity contribution >= 4 is 23.0 Å². The highest BCUT2D eigenvalue weighted by atomic mass is 35.5. The molecule has 90 valence electrons. The average molecular weight is 253 g/mol. The molecule has 0 fully saturated rings. The van der Waals surface area contributed by atoms with Crippen LogP contribution in [-0.4, -0.2) is 10.5 Å². The first kappa shape index (κ1) is 13.3. The Balaban J connectivity index is 3.18. The van der Waals surface area contributed by atoms with Crippen LogP contribution in [0.4, 0.5) is 11.4 Å². The quantitative estimate of drug-likeness (QED) is 0.510. The lowest BCUT2D eigenvalue weighted by molar-refractivity contribution is -0.384. The van der Waals surface area contributed by atoms with Gasteiger partial charge in [0, 0.05) is 11.8 Å². The molecule has 0 amide bonds. The number of nitrogens with one attached hydrogen (secondary N) is 1. The van der Waals surface area contributed by atoms with Crippen LogP contribution in [0.15, 0.2) is 12.1 Å². The first-order valence-corrected chi connectivity index (χ1v) is 5.35. The molecule has 0 aliphatic carbocycles. The fraction of sp³-hybridized carbons (Fsp3) is 0.333. The van der Waals surface area contributed by atoms with Crippen molar-refractivity contribution in [2.24, 2.45) is 0 Å². The van der Waals surface area contributed by atoms with E-state index in [2.05, 4.69) is 11.2 Å². The van der Waals surface area contributed by atoms with E-state index in [0.717, 1.165) is 5.56 Å². The second kappa shape index (κ2) is 4.64. The van der Waals surface area contributed by atoms with Gasteiger partial charge < -0.3 is 5.32 Å². The zero-order valence-electron chi connectivity index (χ0n) is 9.87. The van der Waals surface area contributed by atoms with Gasteiger partial charge in [-0.2, -0.15) is 0 Å². The largest absolute Gasteiger partial charge is 0.369 e. The number of nitro benzene ring substituents is 1. The molecule has 1 aromatic rings.